The lowest BCUT2D eigenvalue weighted by molar-refractivity contribution is -0.143. The summed E-state index contributed by atoms with van der Waals surface area (Å²) in [6, 6.07) is 0. The van der Waals surface area contributed by atoms with Crippen molar-refractivity contribution in [3.63, 3.8) is 0 Å². The summed E-state index contributed by atoms with van der Waals surface area (Å²) in [5.74, 6) is 4.68. The Morgan fingerprint density at radius 2 is 2.21 bits per heavy atom. The van der Waals surface area contributed by atoms with Crippen molar-refractivity contribution in [1.82, 2.24) is 0 Å². The highest BCUT2D eigenvalue weighted by molar-refractivity contribution is 8.00. The minimum atomic E-state index is 0.634. The molecule has 0 N–H and O–H groups in total. The first-order valence-corrected chi connectivity index (χ1v) is 7.60. The molecule has 0 spiro atoms. The standard InChI is InChI=1S/C12H22S2/c1-11(2)10-4-3-5-12(11,8-10)9-14-7-6-13/h10,13H,3-9H2,1-2H3. The van der Waals surface area contributed by atoms with E-state index in [-0.39, 0.29) is 0 Å². The van der Waals surface area contributed by atoms with Gasteiger partial charge in [-0.05, 0) is 47.5 Å². The van der Waals surface area contributed by atoms with Crippen LogP contribution >= 0.6 is 24.4 Å². The van der Waals surface area contributed by atoms with Gasteiger partial charge in [0.05, 0.1) is 0 Å². The summed E-state index contributed by atoms with van der Waals surface area (Å²) in [4.78, 5) is 0. The number of thiol groups is 1. The topological polar surface area (TPSA) is 0 Å². The zero-order valence-electron chi connectivity index (χ0n) is 9.38. The van der Waals surface area contributed by atoms with Crippen LogP contribution in [0.4, 0.5) is 0 Å². The van der Waals surface area contributed by atoms with E-state index < -0.39 is 0 Å². The van der Waals surface area contributed by atoms with Crippen molar-refractivity contribution >= 4 is 24.4 Å². The maximum absolute atomic E-state index is 4.28. The monoisotopic (exact) mass is 230 g/mol. The molecule has 0 aromatic carbocycles. The van der Waals surface area contributed by atoms with Crippen molar-refractivity contribution in [3.05, 3.63) is 0 Å². The second kappa shape index (κ2) is 3.93. The van der Waals surface area contributed by atoms with Crippen molar-refractivity contribution < 1.29 is 0 Å². The highest BCUT2D eigenvalue weighted by Gasteiger charge is 2.60. The molecular formula is C12H22S2. The molecule has 3 fully saturated rings. The molecule has 2 unspecified atom stereocenters. The van der Waals surface area contributed by atoms with Crippen LogP contribution in [0.15, 0.2) is 0 Å². The number of rotatable bonds is 4. The number of hydrogen-bond donors (Lipinski definition) is 1. The molecule has 3 saturated carbocycles. The smallest absolute Gasteiger partial charge is 0.00212 e. The van der Waals surface area contributed by atoms with Crippen LogP contribution in [0.1, 0.15) is 39.5 Å². The first-order chi connectivity index (χ1) is 6.62. The zero-order valence-corrected chi connectivity index (χ0v) is 11.1. The quantitative estimate of drug-likeness (QED) is 0.565. The fraction of sp³-hybridized carbons (Fsp3) is 1.00. The van der Waals surface area contributed by atoms with Gasteiger partial charge in [-0.25, -0.2) is 0 Å². The van der Waals surface area contributed by atoms with Gasteiger partial charge in [0, 0.05) is 5.75 Å². The summed E-state index contributed by atoms with van der Waals surface area (Å²) in [5.41, 5.74) is 1.33. The molecule has 0 nitrogen and oxygen atoms in total. The minimum Gasteiger partial charge on any atom is -0.179 e. The Morgan fingerprint density at radius 1 is 1.43 bits per heavy atom. The Hall–Kier alpha value is 0.700. The van der Waals surface area contributed by atoms with Crippen molar-refractivity contribution in [1.29, 1.82) is 0 Å². The van der Waals surface area contributed by atoms with Crippen LogP contribution in [-0.4, -0.2) is 17.3 Å². The molecule has 3 aliphatic rings. The van der Waals surface area contributed by atoms with E-state index in [1.54, 1.807) is 0 Å². The third kappa shape index (κ3) is 1.53. The summed E-state index contributed by atoms with van der Waals surface area (Å²) in [6.45, 7) is 5.00. The maximum Gasteiger partial charge on any atom is 0.00212 e. The van der Waals surface area contributed by atoms with E-state index in [4.69, 9.17) is 0 Å². The molecule has 0 saturated heterocycles. The van der Waals surface area contributed by atoms with Crippen LogP contribution < -0.4 is 0 Å². The van der Waals surface area contributed by atoms with Crippen molar-refractivity contribution in [2.24, 2.45) is 16.7 Å². The molecule has 2 atom stereocenters. The molecular weight excluding hydrogens is 208 g/mol. The Morgan fingerprint density at radius 3 is 2.79 bits per heavy atom. The van der Waals surface area contributed by atoms with Crippen LogP contribution in [0.5, 0.6) is 0 Å². The predicted molar refractivity (Wildman–Crippen MR) is 69.4 cm³/mol. The van der Waals surface area contributed by atoms with E-state index >= 15 is 0 Å². The van der Waals surface area contributed by atoms with Crippen molar-refractivity contribution in [2.75, 3.05) is 17.3 Å². The molecule has 0 radical (unpaired) electrons. The summed E-state index contributed by atoms with van der Waals surface area (Å²) in [7, 11) is 0. The molecule has 82 valence electrons. The largest absolute Gasteiger partial charge is 0.179 e. The molecule has 0 aliphatic heterocycles. The van der Waals surface area contributed by atoms with Crippen molar-refractivity contribution in [3.8, 4) is 0 Å². The Bertz CT molecular complexity index is 208. The molecule has 0 heterocycles. The average molecular weight is 230 g/mol. The fourth-order valence-corrected chi connectivity index (χ4v) is 5.20. The van der Waals surface area contributed by atoms with E-state index in [0.717, 1.165) is 11.7 Å². The second-order valence-corrected chi connectivity index (χ2v) is 7.12. The van der Waals surface area contributed by atoms with Crippen LogP contribution in [-0.2, 0) is 0 Å². The average Bonchev–Trinajstić information content (AvgIpc) is 2.18. The fourth-order valence-electron chi connectivity index (χ4n) is 3.51. The number of thioether (sulfide) groups is 1. The van der Waals surface area contributed by atoms with Gasteiger partial charge in [-0.2, -0.15) is 24.4 Å². The lowest BCUT2D eigenvalue weighted by Gasteiger charge is -2.66. The van der Waals surface area contributed by atoms with Crippen LogP contribution in [0.3, 0.4) is 0 Å². The molecule has 3 aliphatic carbocycles. The van der Waals surface area contributed by atoms with Crippen LogP contribution in [0.2, 0.25) is 0 Å². The van der Waals surface area contributed by atoms with Gasteiger partial charge >= 0.3 is 0 Å². The van der Waals surface area contributed by atoms with Gasteiger partial charge in [0.25, 0.3) is 0 Å². The molecule has 0 aromatic rings. The van der Waals surface area contributed by atoms with Crippen LogP contribution in [0.25, 0.3) is 0 Å². The third-order valence-corrected chi connectivity index (χ3v) is 6.62. The van der Waals surface area contributed by atoms with E-state index in [1.165, 1.54) is 37.2 Å². The Kier molecular flexibility index (Phi) is 3.15. The minimum absolute atomic E-state index is 0.634. The van der Waals surface area contributed by atoms with Gasteiger partial charge in [-0.3, -0.25) is 0 Å². The highest BCUT2D eigenvalue weighted by Crippen LogP contribution is 2.68. The molecule has 3 rings (SSSR count). The lowest BCUT2D eigenvalue weighted by Crippen LogP contribution is -2.59. The number of fused-ring (bicyclic) bond motifs is 2. The normalized spacial score (nSPS) is 39.2. The maximum atomic E-state index is 4.28. The second-order valence-electron chi connectivity index (χ2n) is 5.57. The van der Waals surface area contributed by atoms with Gasteiger partial charge in [-0.15, -0.1) is 0 Å². The first-order valence-electron chi connectivity index (χ1n) is 5.81. The van der Waals surface area contributed by atoms with Gasteiger partial charge in [-0.1, -0.05) is 20.3 Å². The lowest BCUT2D eigenvalue weighted by atomic mass is 9.40. The van der Waals surface area contributed by atoms with Gasteiger partial charge in [0.15, 0.2) is 0 Å². The molecule has 14 heavy (non-hydrogen) atoms. The molecule has 0 aromatic heterocycles. The molecule has 2 bridgehead atoms. The summed E-state index contributed by atoms with van der Waals surface area (Å²) < 4.78 is 0. The zero-order chi connectivity index (χ0) is 10.2. The van der Waals surface area contributed by atoms with Gasteiger partial charge < -0.3 is 0 Å². The highest BCUT2D eigenvalue weighted by atomic mass is 32.2. The first kappa shape index (κ1) is 11.2. The van der Waals surface area contributed by atoms with Gasteiger partial charge in [0.1, 0.15) is 0 Å². The van der Waals surface area contributed by atoms with Crippen molar-refractivity contribution in [2.45, 2.75) is 39.5 Å². The van der Waals surface area contributed by atoms with Crippen LogP contribution in [0, 0.1) is 16.7 Å². The third-order valence-electron chi connectivity index (χ3n) is 4.85. The van der Waals surface area contributed by atoms with E-state index in [1.807, 2.05) is 0 Å². The number of hydrogen-bond acceptors (Lipinski definition) is 2. The van der Waals surface area contributed by atoms with Gasteiger partial charge in [0.2, 0.25) is 0 Å². The summed E-state index contributed by atoms with van der Waals surface area (Å²) in [5, 5.41) is 0. The predicted octanol–water partition coefficient (Wildman–Crippen LogP) is 3.87. The molecule has 0 amide bonds. The van der Waals surface area contributed by atoms with E-state index in [2.05, 4.69) is 38.2 Å². The van der Waals surface area contributed by atoms with E-state index in [9.17, 15) is 0 Å². The molecule has 2 heteroatoms. The Labute approximate surface area is 98.0 Å². The SMILES string of the molecule is CC1(C)C2CCCC1(CSCCS)C2. The summed E-state index contributed by atoms with van der Waals surface area (Å²) >= 11 is 6.40. The summed E-state index contributed by atoms with van der Waals surface area (Å²) in [6.07, 6.45) is 5.97. The Balaban J connectivity index is 1.94. The van der Waals surface area contributed by atoms with E-state index in [0.29, 0.717) is 10.8 Å².